The number of rotatable bonds is 2. The molecule has 0 bridgehead atoms. The van der Waals surface area contributed by atoms with Crippen LogP contribution in [0.4, 0.5) is 10.1 Å². The van der Waals surface area contributed by atoms with Gasteiger partial charge in [-0.05, 0) is 13.0 Å². The highest BCUT2D eigenvalue weighted by atomic mass is 32.2. The van der Waals surface area contributed by atoms with Gasteiger partial charge in [-0.25, -0.2) is 9.38 Å². The van der Waals surface area contributed by atoms with Crippen LogP contribution in [0.5, 0.6) is 0 Å². The summed E-state index contributed by atoms with van der Waals surface area (Å²) >= 11 is 1.40. The van der Waals surface area contributed by atoms with Gasteiger partial charge in [0, 0.05) is 29.4 Å². The maximum atomic E-state index is 14.3. The average molecular weight is 311 g/mol. The summed E-state index contributed by atoms with van der Waals surface area (Å²) in [6, 6.07) is 3.50. The number of aliphatic imine (C=N–C) groups is 1. The lowest BCUT2D eigenvalue weighted by atomic mass is 9.79. The van der Waals surface area contributed by atoms with Crippen molar-refractivity contribution in [2.24, 2.45) is 16.6 Å². The summed E-state index contributed by atoms with van der Waals surface area (Å²) in [5, 5.41) is 11.3. The van der Waals surface area contributed by atoms with Gasteiger partial charge in [0.05, 0.1) is 17.6 Å². The first-order chi connectivity index (χ1) is 9.94. The molecule has 21 heavy (non-hydrogen) atoms. The number of hydrogen-bond acceptors (Lipinski definition) is 6. The van der Waals surface area contributed by atoms with Crippen LogP contribution in [0.2, 0.25) is 0 Å². The number of amidine groups is 1. The van der Waals surface area contributed by atoms with Crippen molar-refractivity contribution in [3.63, 3.8) is 0 Å². The van der Waals surface area contributed by atoms with E-state index in [1.165, 1.54) is 17.8 Å². The van der Waals surface area contributed by atoms with Crippen LogP contribution in [0.3, 0.4) is 0 Å². The molecule has 0 radical (unpaired) electrons. The highest BCUT2D eigenvalue weighted by Gasteiger charge is 2.53. The molecule has 8 heteroatoms. The summed E-state index contributed by atoms with van der Waals surface area (Å²) in [6.45, 7) is 2.08. The Hall–Kier alpha value is -1.67. The van der Waals surface area contributed by atoms with Crippen molar-refractivity contribution in [3.05, 3.63) is 39.7 Å². The predicted molar refractivity (Wildman–Crippen MR) is 77.7 cm³/mol. The molecule has 0 aromatic heterocycles. The van der Waals surface area contributed by atoms with Crippen LogP contribution >= 0.6 is 11.8 Å². The summed E-state index contributed by atoms with van der Waals surface area (Å²) in [7, 11) is 0. The zero-order valence-corrected chi connectivity index (χ0v) is 12.1. The molecule has 2 aliphatic heterocycles. The van der Waals surface area contributed by atoms with E-state index in [0.717, 1.165) is 12.1 Å². The second kappa shape index (κ2) is 4.96. The molecular weight excluding hydrogens is 297 g/mol. The fourth-order valence-corrected chi connectivity index (χ4v) is 4.08. The monoisotopic (exact) mass is 311 g/mol. The van der Waals surface area contributed by atoms with Crippen molar-refractivity contribution < 1.29 is 14.1 Å². The van der Waals surface area contributed by atoms with E-state index in [2.05, 4.69) is 4.99 Å². The number of nitrogens with two attached hydrogens (primary N) is 1. The minimum atomic E-state index is -0.967. The van der Waals surface area contributed by atoms with Crippen molar-refractivity contribution in [1.82, 2.24) is 0 Å². The Kier molecular flexibility index (Phi) is 3.37. The summed E-state index contributed by atoms with van der Waals surface area (Å²) in [6.07, 6.45) is -0.104. The highest BCUT2D eigenvalue weighted by Crippen LogP contribution is 2.48. The first-order valence-electron chi connectivity index (χ1n) is 6.48. The number of halogens is 1. The van der Waals surface area contributed by atoms with Gasteiger partial charge in [-0.15, -0.1) is 0 Å². The zero-order chi connectivity index (χ0) is 15.2. The number of nitro benzene ring substituents is 1. The van der Waals surface area contributed by atoms with Crippen LogP contribution in [-0.2, 0) is 10.3 Å². The number of benzene rings is 1. The van der Waals surface area contributed by atoms with Crippen LogP contribution in [0.25, 0.3) is 0 Å². The first-order valence-corrected chi connectivity index (χ1v) is 7.47. The Morgan fingerprint density at radius 3 is 3.10 bits per heavy atom. The van der Waals surface area contributed by atoms with Gasteiger partial charge in [-0.2, -0.15) is 0 Å². The third-order valence-corrected chi connectivity index (χ3v) is 5.01. The smallest absolute Gasteiger partial charge is 0.270 e. The lowest BCUT2D eigenvalue weighted by Gasteiger charge is -2.35. The Morgan fingerprint density at radius 2 is 2.38 bits per heavy atom. The van der Waals surface area contributed by atoms with Gasteiger partial charge in [0.2, 0.25) is 0 Å². The van der Waals surface area contributed by atoms with Gasteiger partial charge in [0.25, 0.3) is 5.69 Å². The third-order valence-electron chi connectivity index (χ3n) is 4.09. The summed E-state index contributed by atoms with van der Waals surface area (Å²) in [5.74, 6) is 0.0663. The molecule has 0 amide bonds. The van der Waals surface area contributed by atoms with Crippen molar-refractivity contribution in [3.8, 4) is 0 Å². The fourth-order valence-electron chi connectivity index (χ4n) is 2.96. The van der Waals surface area contributed by atoms with Crippen LogP contribution < -0.4 is 5.73 Å². The molecular formula is C13H14FN3O3S. The number of fused-ring (bicyclic) bond motifs is 1. The Balaban J connectivity index is 2.18. The summed E-state index contributed by atoms with van der Waals surface area (Å²) < 4.78 is 20.0. The normalized spacial score (nSPS) is 31.6. The van der Waals surface area contributed by atoms with Gasteiger partial charge in [0.15, 0.2) is 5.17 Å². The maximum Gasteiger partial charge on any atom is 0.270 e. The minimum Gasteiger partial charge on any atom is -0.379 e. The standard InChI is InChI=1S/C13H14FN3O3S/c1-7-10-5-21-12(15)16-13(10,6-20-7)9-4-8(17(18)19)2-3-11(9)14/h2-4,7,10H,5-6H2,1H3,(H2,15,16)/t7-,10?,13-/m1/s1. The molecule has 1 aromatic carbocycles. The molecule has 1 fully saturated rings. The van der Waals surface area contributed by atoms with Crippen molar-refractivity contribution in [2.75, 3.05) is 12.4 Å². The molecule has 112 valence electrons. The van der Waals surface area contributed by atoms with E-state index in [9.17, 15) is 14.5 Å². The Labute approximate surface area is 124 Å². The molecule has 0 saturated carbocycles. The van der Waals surface area contributed by atoms with Crippen LogP contribution in [0.15, 0.2) is 23.2 Å². The molecule has 6 nitrogen and oxygen atoms in total. The second-order valence-electron chi connectivity index (χ2n) is 5.23. The van der Waals surface area contributed by atoms with Crippen LogP contribution in [0, 0.1) is 21.8 Å². The van der Waals surface area contributed by atoms with E-state index < -0.39 is 16.3 Å². The molecule has 2 aliphatic rings. The molecule has 0 aliphatic carbocycles. The van der Waals surface area contributed by atoms with E-state index in [-0.39, 0.29) is 29.9 Å². The average Bonchev–Trinajstić information content (AvgIpc) is 2.76. The van der Waals surface area contributed by atoms with Gasteiger partial charge in [-0.1, -0.05) is 11.8 Å². The number of hydrogen-bond donors (Lipinski definition) is 1. The zero-order valence-electron chi connectivity index (χ0n) is 11.3. The fraction of sp³-hybridized carbons (Fsp3) is 0.462. The van der Waals surface area contributed by atoms with E-state index in [4.69, 9.17) is 10.5 Å². The molecule has 1 saturated heterocycles. The van der Waals surface area contributed by atoms with Gasteiger partial charge in [0.1, 0.15) is 11.4 Å². The molecule has 2 N–H and O–H groups in total. The Bertz CT molecular complexity index is 639. The number of thioether (sulfide) groups is 1. The predicted octanol–water partition coefficient (Wildman–Crippen LogP) is 2.03. The largest absolute Gasteiger partial charge is 0.379 e. The minimum absolute atomic E-state index is 0.0636. The molecule has 2 heterocycles. The third kappa shape index (κ3) is 2.18. The van der Waals surface area contributed by atoms with E-state index in [0.29, 0.717) is 10.9 Å². The van der Waals surface area contributed by atoms with E-state index in [1.807, 2.05) is 6.92 Å². The molecule has 0 spiro atoms. The Morgan fingerprint density at radius 1 is 1.62 bits per heavy atom. The maximum absolute atomic E-state index is 14.3. The number of non-ortho nitro benzene ring substituents is 1. The summed E-state index contributed by atoms with van der Waals surface area (Å²) in [5.41, 5.74) is 4.87. The van der Waals surface area contributed by atoms with Gasteiger partial charge in [-0.3, -0.25) is 10.1 Å². The highest BCUT2D eigenvalue weighted by molar-refractivity contribution is 8.13. The topological polar surface area (TPSA) is 90.8 Å². The molecule has 1 aromatic rings. The summed E-state index contributed by atoms with van der Waals surface area (Å²) in [4.78, 5) is 14.8. The second-order valence-corrected chi connectivity index (χ2v) is 6.27. The number of ether oxygens (including phenoxy) is 1. The number of nitrogens with zero attached hydrogens (tertiary/aromatic N) is 2. The van der Waals surface area contributed by atoms with E-state index >= 15 is 0 Å². The molecule has 1 unspecified atom stereocenters. The quantitative estimate of drug-likeness (QED) is 0.666. The number of nitro groups is 1. The first kappa shape index (κ1) is 14.3. The van der Waals surface area contributed by atoms with Crippen molar-refractivity contribution >= 4 is 22.6 Å². The van der Waals surface area contributed by atoms with Crippen LogP contribution in [0.1, 0.15) is 12.5 Å². The lowest BCUT2D eigenvalue weighted by Crippen LogP contribution is -2.41. The van der Waals surface area contributed by atoms with E-state index in [1.54, 1.807) is 0 Å². The van der Waals surface area contributed by atoms with Crippen LogP contribution in [-0.4, -0.2) is 28.6 Å². The molecule has 3 atom stereocenters. The SMILES string of the molecule is C[C@H]1OC[C@]2(c3cc([N+](=O)[O-])ccc3F)N=C(N)SCC12. The van der Waals surface area contributed by atoms with Gasteiger partial charge >= 0.3 is 0 Å². The van der Waals surface area contributed by atoms with Crippen molar-refractivity contribution in [2.45, 2.75) is 18.6 Å². The van der Waals surface area contributed by atoms with Gasteiger partial charge < -0.3 is 10.5 Å². The van der Waals surface area contributed by atoms with Crippen molar-refractivity contribution in [1.29, 1.82) is 0 Å². The molecule has 3 rings (SSSR count). The lowest BCUT2D eigenvalue weighted by molar-refractivity contribution is -0.385.